The summed E-state index contributed by atoms with van der Waals surface area (Å²) in [7, 11) is -3.55. The van der Waals surface area contributed by atoms with Crippen LogP contribution in [0.15, 0.2) is 53.4 Å². The van der Waals surface area contributed by atoms with E-state index in [1.54, 1.807) is 32.9 Å². The van der Waals surface area contributed by atoms with Gasteiger partial charge in [0.05, 0.1) is 4.90 Å². The summed E-state index contributed by atoms with van der Waals surface area (Å²) in [5, 5.41) is 2.71. The maximum absolute atomic E-state index is 13.0. The van der Waals surface area contributed by atoms with Gasteiger partial charge < -0.3 is 10.1 Å². The van der Waals surface area contributed by atoms with E-state index in [1.165, 1.54) is 40.7 Å². The van der Waals surface area contributed by atoms with Crippen LogP contribution in [-0.2, 0) is 14.8 Å². The Bertz CT molecular complexity index is 879. The first-order chi connectivity index (χ1) is 13.3. The number of nitrogens with zero attached hydrogens (tertiary/aromatic N) is 1. The normalized spacial score (nSPS) is 12.6. The van der Waals surface area contributed by atoms with E-state index in [2.05, 4.69) is 5.32 Å². The van der Waals surface area contributed by atoms with Gasteiger partial charge in [0.1, 0.15) is 11.6 Å². The van der Waals surface area contributed by atoms with Gasteiger partial charge in [-0.2, -0.15) is 4.31 Å². The van der Waals surface area contributed by atoms with Crippen LogP contribution in [0.5, 0.6) is 5.75 Å². The molecule has 1 amide bonds. The van der Waals surface area contributed by atoms with E-state index in [0.29, 0.717) is 30.9 Å². The molecule has 6 nitrogen and oxygen atoms in total. The summed E-state index contributed by atoms with van der Waals surface area (Å²) in [5.74, 6) is -0.361. The lowest BCUT2D eigenvalue weighted by atomic mass is 10.2. The van der Waals surface area contributed by atoms with E-state index in [1.807, 2.05) is 0 Å². The van der Waals surface area contributed by atoms with Gasteiger partial charge in [0, 0.05) is 18.8 Å². The van der Waals surface area contributed by atoms with Crippen LogP contribution in [0.25, 0.3) is 0 Å². The Labute approximate surface area is 165 Å². The van der Waals surface area contributed by atoms with E-state index < -0.39 is 16.1 Å². The molecule has 0 saturated carbocycles. The zero-order valence-electron chi connectivity index (χ0n) is 16.2. The highest BCUT2D eigenvalue weighted by molar-refractivity contribution is 7.89. The van der Waals surface area contributed by atoms with Crippen LogP contribution in [0.1, 0.15) is 27.2 Å². The van der Waals surface area contributed by atoms with Gasteiger partial charge >= 0.3 is 0 Å². The molecule has 2 aromatic rings. The zero-order chi connectivity index (χ0) is 20.7. The molecule has 28 heavy (non-hydrogen) atoms. The molecule has 0 fully saturated rings. The molecule has 1 N–H and O–H groups in total. The fraction of sp³-hybridized carbons (Fsp3) is 0.350. The van der Waals surface area contributed by atoms with Crippen LogP contribution < -0.4 is 10.1 Å². The van der Waals surface area contributed by atoms with Crippen molar-refractivity contribution in [3.63, 3.8) is 0 Å². The minimum atomic E-state index is -3.55. The summed E-state index contributed by atoms with van der Waals surface area (Å²) >= 11 is 0. The van der Waals surface area contributed by atoms with Gasteiger partial charge in [-0.05, 0) is 55.0 Å². The second-order valence-corrected chi connectivity index (χ2v) is 8.01. The highest BCUT2D eigenvalue weighted by atomic mass is 32.2. The molecule has 0 unspecified atom stereocenters. The van der Waals surface area contributed by atoms with Crippen LogP contribution in [0.4, 0.5) is 10.1 Å². The molecule has 2 aromatic carbocycles. The van der Waals surface area contributed by atoms with E-state index in [9.17, 15) is 17.6 Å². The summed E-state index contributed by atoms with van der Waals surface area (Å²) in [6.07, 6.45) is -0.345. The minimum Gasteiger partial charge on any atom is -0.481 e. The van der Waals surface area contributed by atoms with Crippen molar-refractivity contribution in [2.45, 2.75) is 38.2 Å². The van der Waals surface area contributed by atoms with Crippen molar-refractivity contribution >= 4 is 21.6 Å². The van der Waals surface area contributed by atoms with Crippen LogP contribution >= 0.6 is 0 Å². The molecule has 0 radical (unpaired) electrons. The number of anilines is 1. The quantitative estimate of drug-likeness (QED) is 0.687. The molecule has 0 saturated heterocycles. The van der Waals surface area contributed by atoms with Crippen LogP contribution in [-0.4, -0.2) is 37.8 Å². The standard InChI is InChI=1S/C20H25FN2O4S/c1-4-19(27-17-11-7-15(21)8-12-17)20(24)22-16-9-13-18(14-10-16)28(25,26)23(5-2)6-3/h7-14,19H,4-6H2,1-3H3,(H,22,24)/t19-/m0/s1. The van der Waals surface area contributed by atoms with Crippen LogP contribution in [0.2, 0.25) is 0 Å². The van der Waals surface area contributed by atoms with Gasteiger partial charge in [-0.1, -0.05) is 20.8 Å². The number of carbonyl (C=O) groups excluding carboxylic acids is 1. The molecule has 0 aliphatic heterocycles. The summed E-state index contributed by atoms with van der Waals surface area (Å²) in [6.45, 7) is 6.13. The highest BCUT2D eigenvalue weighted by Crippen LogP contribution is 2.19. The van der Waals surface area contributed by atoms with Crippen molar-refractivity contribution in [2.24, 2.45) is 0 Å². The lowest BCUT2D eigenvalue weighted by Crippen LogP contribution is -2.32. The van der Waals surface area contributed by atoms with Gasteiger partial charge in [0.25, 0.3) is 5.91 Å². The predicted molar refractivity (Wildman–Crippen MR) is 106 cm³/mol. The Morgan fingerprint density at radius 2 is 1.61 bits per heavy atom. The number of nitrogens with one attached hydrogen (secondary N) is 1. The molecule has 0 heterocycles. The molecule has 152 valence electrons. The van der Waals surface area contributed by atoms with Crippen molar-refractivity contribution in [3.8, 4) is 5.75 Å². The van der Waals surface area contributed by atoms with Gasteiger partial charge in [-0.15, -0.1) is 0 Å². The molecule has 0 aliphatic rings. The van der Waals surface area contributed by atoms with Gasteiger partial charge in [-0.3, -0.25) is 4.79 Å². The van der Waals surface area contributed by atoms with Crippen molar-refractivity contribution in [1.29, 1.82) is 0 Å². The Balaban J connectivity index is 2.07. The molecule has 0 aliphatic carbocycles. The third-order valence-electron chi connectivity index (χ3n) is 4.22. The summed E-state index contributed by atoms with van der Waals surface area (Å²) in [4.78, 5) is 12.6. The average molecular weight is 408 g/mol. The smallest absolute Gasteiger partial charge is 0.265 e. The average Bonchev–Trinajstić information content (AvgIpc) is 2.68. The van der Waals surface area contributed by atoms with Gasteiger partial charge in [0.15, 0.2) is 6.10 Å². The highest BCUT2D eigenvalue weighted by Gasteiger charge is 2.22. The van der Waals surface area contributed by atoms with Crippen molar-refractivity contribution in [2.75, 3.05) is 18.4 Å². The summed E-state index contributed by atoms with van der Waals surface area (Å²) in [5.41, 5.74) is 0.463. The number of carbonyl (C=O) groups is 1. The second-order valence-electron chi connectivity index (χ2n) is 6.07. The molecular weight excluding hydrogens is 383 g/mol. The molecule has 2 rings (SSSR count). The maximum Gasteiger partial charge on any atom is 0.265 e. The molecule has 0 bridgehead atoms. The third kappa shape index (κ3) is 5.30. The fourth-order valence-corrected chi connectivity index (χ4v) is 4.10. The third-order valence-corrected chi connectivity index (χ3v) is 6.28. The molecule has 0 spiro atoms. The van der Waals surface area contributed by atoms with Crippen LogP contribution in [0.3, 0.4) is 0 Å². The monoisotopic (exact) mass is 408 g/mol. The van der Waals surface area contributed by atoms with E-state index >= 15 is 0 Å². The first-order valence-electron chi connectivity index (χ1n) is 9.15. The van der Waals surface area contributed by atoms with E-state index in [-0.39, 0.29) is 16.6 Å². The molecule has 8 heteroatoms. The lowest BCUT2D eigenvalue weighted by molar-refractivity contribution is -0.122. The van der Waals surface area contributed by atoms with E-state index in [0.717, 1.165) is 0 Å². The Morgan fingerprint density at radius 1 is 1.04 bits per heavy atom. The number of ether oxygens (including phenoxy) is 1. The lowest BCUT2D eigenvalue weighted by Gasteiger charge is -2.19. The first-order valence-corrected chi connectivity index (χ1v) is 10.6. The number of amides is 1. The Hall–Kier alpha value is -2.45. The van der Waals surface area contributed by atoms with Gasteiger partial charge in [-0.25, -0.2) is 12.8 Å². The van der Waals surface area contributed by atoms with Crippen molar-refractivity contribution in [3.05, 3.63) is 54.3 Å². The Morgan fingerprint density at radius 3 is 2.11 bits per heavy atom. The summed E-state index contributed by atoms with van der Waals surface area (Å²) < 4.78 is 45.0. The SMILES string of the molecule is CC[C@H](Oc1ccc(F)cc1)C(=O)Nc1ccc(S(=O)(=O)N(CC)CC)cc1. The summed E-state index contributed by atoms with van der Waals surface area (Å²) in [6, 6.07) is 11.4. The number of hydrogen-bond acceptors (Lipinski definition) is 4. The number of rotatable bonds is 9. The molecule has 0 aromatic heterocycles. The minimum absolute atomic E-state index is 0.170. The second kappa shape index (κ2) is 9.66. The zero-order valence-corrected chi connectivity index (χ0v) is 17.0. The Kier molecular flexibility index (Phi) is 7.53. The number of sulfonamides is 1. The van der Waals surface area contributed by atoms with Crippen molar-refractivity contribution < 1.29 is 22.3 Å². The van der Waals surface area contributed by atoms with Crippen LogP contribution in [0, 0.1) is 5.82 Å². The first kappa shape index (κ1) is 21.8. The number of halogens is 1. The topological polar surface area (TPSA) is 75.7 Å². The molecular formula is C20H25FN2O4S. The molecule has 1 atom stereocenters. The number of hydrogen-bond donors (Lipinski definition) is 1. The maximum atomic E-state index is 13.0. The predicted octanol–water partition coefficient (Wildman–Crippen LogP) is 3.65. The van der Waals surface area contributed by atoms with Crippen molar-refractivity contribution in [1.82, 2.24) is 4.31 Å². The number of benzene rings is 2. The van der Waals surface area contributed by atoms with E-state index in [4.69, 9.17) is 4.74 Å². The fourth-order valence-electron chi connectivity index (χ4n) is 2.65. The van der Waals surface area contributed by atoms with Gasteiger partial charge in [0.2, 0.25) is 10.0 Å². The largest absolute Gasteiger partial charge is 0.481 e.